The third kappa shape index (κ3) is 3.79. The van der Waals surface area contributed by atoms with E-state index >= 15 is 0 Å². The number of ether oxygens (including phenoxy) is 1. The highest BCUT2D eigenvalue weighted by atomic mass is 35.5. The Morgan fingerprint density at radius 3 is 1.96 bits per heavy atom. The van der Waals surface area contributed by atoms with Crippen molar-refractivity contribution in [3.63, 3.8) is 0 Å². The molecule has 1 aliphatic rings. The fraction of sp³-hybridized carbons (Fsp3) is 0.333. The highest BCUT2D eigenvalue weighted by Crippen LogP contribution is 2.47. The summed E-state index contributed by atoms with van der Waals surface area (Å²) in [5.74, 6) is -9.37. The molecule has 2 aromatic carbocycles. The zero-order valence-corrected chi connectivity index (χ0v) is 14.3. The first kappa shape index (κ1) is 20.0. The molecule has 2 aromatic rings. The predicted molar refractivity (Wildman–Crippen MR) is 84.5 cm³/mol. The zero-order valence-electron chi connectivity index (χ0n) is 13.6. The first-order valence-electron chi connectivity index (χ1n) is 7.84. The van der Waals surface area contributed by atoms with Crippen LogP contribution in [0.3, 0.4) is 0 Å². The van der Waals surface area contributed by atoms with E-state index in [-0.39, 0.29) is 18.6 Å². The molecule has 0 bridgehead atoms. The highest BCUT2D eigenvalue weighted by Gasteiger charge is 2.55. The first-order valence-corrected chi connectivity index (χ1v) is 8.38. The lowest BCUT2D eigenvalue weighted by Gasteiger charge is -2.29. The van der Waals surface area contributed by atoms with Crippen LogP contribution < -0.4 is 0 Å². The molecular weight excluding hydrogens is 398 g/mol. The normalized spacial score (nSPS) is 21.2. The molecule has 146 valence electrons. The SMILES string of the molecule is O[C@H](CCl)C(c1cc(F)c(F)cc1F)C1(Cc2cc(F)c(F)cc2F)CO1. The van der Waals surface area contributed by atoms with Gasteiger partial charge in [-0.25, -0.2) is 26.3 Å². The Bertz CT molecular complexity index is 871. The molecule has 0 radical (unpaired) electrons. The molecule has 1 fully saturated rings. The van der Waals surface area contributed by atoms with Crippen LogP contribution in [0.15, 0.2) is 24.3 Å². The molecule has 3 atom stereocenters. The Hall–Kier alpha value is -1.77. The Morgan fingerprint density at radius 2 is 1.41 bits per heavy atom. The van der Waals surface area contributed by atoms with Gasteiger partial charge in [-0.1, -0.05) is 0 Å². The molecule has 2 nitrogen and oxygen atoms in total. The quantitative estimate of drug-likeness (QED) is 0.335. The van der Waals surface area contributed by atoms with E-state index in [1.165, 1.54) is 0 Å². The van der Waals surface area contributed by atoms with Gasteiger partial charge in [0.2, 0.25) is 0 Å². The second-order valence-electron chi connectivity index (χ2n) is 6.38. The number of epoxide rings is 1. The van der Waals surface area contributed by atoms with Gasteiger partial charge in [-0.2, -0.15) is 0 Å². The molecule has 9 heteroatoms. The molecule has 3 rings (SSSR count). The Labute approximate surface area is 155 Å². The summed E-state index contributed by atoms with van der Waals surface area (Å²) in [6.07, 6.45) is -1.82. The van der Waals surface area contributed by atoms with Crippen molar-refractivity contribution in [2.24, 2.45) is 0 Å². The van der Waals surface area contributed by atoms with Crippen LogP contribution in [-0.4, -0.2) is 29.3 Å². The minimum atomic E-state index is -1.46. The summed E-state index contributed by atoms with van der Waals surface area (Å²) in [6, 6.07) is 1.86. The molecule has 1 saturated heterocycles. The number of aliphatic hydroxyl groups is 1. The van der Waals surface area contributed by atoms with Crippen molar-refractivity contribution in [2.45, 2.75) is 24.0 Å². The Balaban J connectivity index is 2.03. The maximum atomic E-state index is 14.3. The molecule has 1 heterocycles. The number of hydrogen-bond donors (Lipinski definition) is 1. The highest BCUT2D eigenvalue weighted by molar-refractivity contribution is 6.18. The molecular formula is C18H13ClF6O2. The average Bonchev–Trinajstić information content (AvgIpc) is 3.37. The van der Waals surface area contributed by atoms with Gasteiger partial charge in [-0.05, 0) is 23.3 Å². The van der Waals surface area contributed by atoms with E-state index in [2.05, 4.69) is 0 Å². The number of halogens is 7. The van der Waals surface area contributed by atoms with E-state index in [9.17, 15) is 31.4 Å². The van der Waals surface area contributed by atoms with Gasteiger partial charge in [0, 0.05) is 30.4 Å². The molecule has 0 aliphatic carbocycles. The van der Waals surface area contributed by atoms with E-state index in [1.807, 2.05) is 0 Å². The fourth-order valence-electron chi connectivity index (χ4n) is 3.21. The summed E-state index contributed by atoms with van der Waals surface area (Å²) >= 11 is 5.65. The zero-order chi connectivity index (χ0) is 19.9. The number of benzene rings is 2. The monoisotopic (exact) mass is 410 g/mol. The smallest absolute Gasteiger partial charge is 0.161 e. The van der Waals surface area contributed by atoms with Crippen LogP contribution in [0.1, 0.15) is 17.0 Å². The minimum absolute atomic E-state index is 0.109. The van der Waals surface area contributed by atoms with Crippen LogP contribution in [0.2, 0.25) is 0 Å². The molecule has 0 amide bonds. The maximum absolute atomic E-state index is 14.3. The molecule has 0 saturated carbocycles. The van der Waals surface area contributed by atoms with Crippen LogP contribution in [0, 0.1) is 34.9 Å². The van der Waals surface area contributed by atoms with Crippen molar-refractivity contribution < 1.29 is 36.2 Å². The summed E-state index contributed by atoms with van der Waals surface area (Å²) in [7, 11) is 0. The second-order valence-corrected chi connectivity index (χ2v) is 6.68. The van der Waals surface area contributed by atoms with E-state index in [4.69, 9.17) is 16.3 Å². The van der Waals surface area contributed by atoms with Crippen LogP contribution in [0.25, 0.3) is 0 Å². The lowest BCUT2D eigenvalue weighted by atomic mass is 9.78. The third-order valence-electron chi connectivity index (χ3n) is 4.58. The number of rotatable bonds is 6. The van der Waals surface area contributed by atoms with Gasteiger partial charge in [0.05, 0.1) is 12.7 Å². The van der Waals surface area contributed by atoms with Gasteiger partial charge in [0.15, 0.2) is 23.3 Å². The van der Waals surface area contributed by atoms with E-state index in [0.29, 0.717) is 24.3 Å². The standard InChI is InChI=1S/C18H13ClF6O2/c19-6-16(26)17(9-2-13(23)15(25)4-11(9)21)18(7-27-18)5-8-1-12(22)14(24)3-10(8)20/h1-4,16-17,26H,5-7H2/t16-,17?,18?/m1/s1. The molecule has 1 aliphatic heterocycles. The minimum Gasteiger partial charge on any atom is -0.391 e. The van der Waals surface area contributed by atoms with Crippen LogP contribution >= 0.6 is 11.6 Å². The first-order chi connectivity index (χ1) is 12.7. The van der Waals surface area contributed by atoms with Crippen molar-refractivity contribution >= 4 is 11.6 Å². The van der Waals surface area contributed by atoms with E-state index < -0.39 is 64.0 Å². The summed E-state index contributed by atoms with van der Waals surface area (Å²) in [5, 5.41) is 10.3. The molecule has 2 unspecified atom stereocenters. The maximum Gasteiger partial charge on any atom is 0.161 e. The van der Waals surface area contributed by atoms with E-state index in [0.717, 1.165) is 0 Å². The Kier molecular flexibility index (Phi) is 5.42. The lowest BCUT2D eigenvalue weighted by Crippen LogP contribution is -2.36. The molecule has 27 heavy (non-hydrogen) atoms. The fourth-order valence-corrected chi connectivity index (χ4v) is 3.39. The van der Waals surface area contributed by atoms with Gasteiger partial charge in [-0.15, -0.1) is 11.6 Å². The van der Waals surface area contributed by atoms with Crippen molar-refractivity contribution in [1.82, 2.24) is 0 Å². The molecule has 0 aromatic heterocycles. The van der Waals surface area contributed by atoms with Crippen LogP contribution in [0.5, 0.6) is 0 Å². The summed E-state index contributed by atoms with van der Waals surface area (Å²) < 4.78 is 87.0. The van der Waals surface area contributed by atoms with E-state index in [1.54, 1.807) is 0 Å². The van der Waals surface area contributed by atoms with Gasteiger partial charge in [-0.3, -0.25) is 0 Å². The molecule has 0 spiro atoms. The Morgan fingerprint density at radius 1 is 0.889 bits per heavy atom. The van der Waals surface area contributed by atoms with Gasteiger partial charge >= 0.3 is 0 Å². The van der Waals surface area contributed by atoms with Crippen molar-refractivity contribution in [3.8, 4) is 0 Å². The summed E-state index contributed by atoms with van der Waals surface area (Å²) in [6.45, 7) is -0.109. The number of hydrogen-bond acceptors (Lipinski definition) is 2. The lowest BCUT2D eigenvalue weighted by molar-refractivity contribution is 0.109. The summed E-state index contributed by atoms with van der Waals surface area (Å²) in [5.41, 5.74) is -2.13. The average molecular weight is 411 g/mol. The van der Waals surface area contributed by atoms with Gasteiger partial charge in [0.1, 0.15) is 17.2 Å². The van der Waals surface area contributed by atoms with Crippen LogP contribution in [0.4, 0.5) is 26.3 Å². The topological polar surface area (TPSA) is 32.8 Å². The van der Waals surface area contributed by atoms with Gasteiger partial charge in [0.25, 0.3) is 0 Å². The number of alkyl halides is 1. The van der Waals surface area contributed by atoms with Crippen molar-refractivity contribution in [1.29, 1.82) is 0 Å². The largest absolute Gasteiger partial charge is 0.391 e. The number of aliphatic hydroxyl groups excluding tert-OH is 1. The second kappa shape index (κ2) is 7.33. The predicted octanol–water partition coefficient (Wildman–Crippen LogP) is 4.22. The summed E-state index contributed by atoms with van der Waals surface area (Å²) in [4.78, 5) is 0. The van der Waals surface area contributed by atoms with Crippen molar-refractivity contribution in [2.75, 3.05) is 12.5 Å². The molecule has 1 N–H and O–H groups in total. The van der Waals surface area contributed by atoms with Crippen LogP contribution in [-0.2, 0) is 11.2 Å². The van der Waals surface area contributed by atoms with Gasteiger partial charge < -0.3 is 9.84 Å². The third-order valence-corrected chi connectivity index (χ3v) is 4.89. The van der Waals surface area contributed by atoms with Crippen molar-refractivity contribution in [3.05, 3.63) is 70.3 Å².